The van der Waals surface area contributed by atoms with E-state index in [0.29, 0.717) is 13.1 Å². The average molecular weight is 295 g/mol. The standard InChI is InChI=1S/C16H17N5O/c1-10(2)6-14(22)21-8-12-13(9-21)19-16(17)20-15(12)11-4-3-5-18-7-11/h3-7H,8-9H2,1-2H3,(H2,17,19,20). The molecule has 3 heterocycles. The molecule has 3 rings (SSSR count). The SMILES string of the molecule is CC(C)=CC(=O)N1Cc2nc(N)nc(-c3cccnc3)c2C1. The highest BCUT2D eigenvalue weighted by molar-refractivity contribution is 5.88. The predicted octanol–water partition coefficient (Wildman–Crippen LogP) is 1.93. The van der Waals surface area contributed by atoms with E-state index in [0.717, 1.165) is 28.1 Å². The fourth-order valence-electron chi connectivity index (χ4n) is 2.51. The van der Waals surface area contributed by atoms with Crippen LogP contribution < -0.4 is 5.73 Å². The van der Waals surface area contributed by atoms with Crippen molar-refractivity contribution in [1.29, 1.82) is 0 Å². The molecule has 1 amide bonds. The number of allylic oxidation sites excluding steroid dienone is 1. The molecule has 0 aromatic carbocycles. The summed E-state index contributed by atoms with van der Waals surface area (Å²) in [5.41, 5.74) is 10.2. The summed E-state index contributed by atoms with van der Waals surface area (Å²) in [6, 6.07) is 3.77. The number of amides is 1. The molecule has 6 nitrogen and oxygen atoms in total. The summed E-state index contributed by atoms with van der Waals surface area (Å²) in [4.78, 5) is 26.7. The Balaban J connectivity index is 2.00. The minimum absolute atomic E-state index is 0.0197. The predicted molar refractivity (Wildman–Crippen MR) is 83.4 cm³/mol. The maximum absolute atomic E-state index is 12.2. The second-order valence-corrected chi connectivity index (χ2v) is 5.51. The minimum atomic E-state index is -0.0197. The van der Waals surface area contributed by atoms with E-state index in [9.17, 15) is 4.79 Å². The first-order valence-electron chi connectivity index (χ1n) is 7.04. The first kappa shape index (κ1) is 14.2. The van der Waals surface area contributed by atoms with Crippen molar-refractivity contribution in [2.24, 2.45) is 0 Å². The molecule has 0 spiro atoms. The van der Waals surface area contributed by atoms with Gasteiger partial charge in [-0.3, -0.25) is 9.78 Å². The van der Waals surface area contributed by atoms with E-state index in [4.69, 9.17) is 5.73 Å². The van der Waals surface area contributed by atoms with Crippen molar-refractivity contribution in [2.45, 2.75) is 26.9 Å². The Morgan fingerprint density at radius 3 is 2.82 bits per heavy atom. The number of carbonyl (C=O) groups excluding carboxylic acids is 1. The van der Waals surface area contributed by atoms with Gasteiger partial charge in [-0.25, -0.2) is 9.97 Å². The number of carbonyl (C=O) groups is 1. The van der Waals surface area contributed by atoms with Crippen LogP contribution in [0.2, 0.25) is 0 Å². The van der Waals surface area contributed by atoms with Crippen LogP contribution in [-0.4, -0.2) is 25.8 Å². The maximum Gasteiger partial charge on any atom is 0.247 e. The summed E-state index contributed by atoms with van der Waals surface area (Å²) in [6.45, 7) is 4.75. The molecule has 6 heteroatoms. The molecule has 112 valence electrons. The molecule has 0 unspecified atom stereocenters. The van der Waals surface area contributed by atoms with E-state index in [1.54, 1.807) is 23.4 Å². The fraction of sp³-hybridized carbons (Fsp3) is 0.250. The summed E-state index contributed by atoms with van der Waals surface area (Å²) < 4.78 is 0. The summed E-state index contributed by atoms with van der Waals surface area (Å²) in [5.74, 6) is 0.197. The Labute approximate surface area is 128 Å². The van der Waals surface area contributed by atoms with Crippen molar-refractivity contribution in [3.63, 3.8) is 0 Å². The van der Waals surface area contributed by atoms with Gasteiger partial charge in [0.15, 0.2) is 0 Å². The van der Waals surface area contributed by atoms with Crippen molar-refractivity contribution in [3.05, 3.63) is 47.4 Å². The Bertz CT molecular complexity index is 751. The monoisotopic (exact) mass is 295 g/mol. The third kappa shape index (κ3) is 2.67. The Morgan fingerprint density at radius 2 is 2.14 bits per heavy atom. The van der Waals surface area contributed by atoms with Gasteiger partial charge in [-0.1, -0.05) is 5.57 Å². The number of aromatic nitrogens is 3. The number of rotatable bonds is 2. The first-order chi connectivity index (χ1) is 10.5. The maximum atomic E-state index is 12.2. The third-order valence-corrected chi connectivity index (χ3v) is 3.46. The van der Waals surface area contributed by atoms with Crippen molar-refractivity contribution in [3.8, 4) is 11.3 Å². The van der Waals surface area contributed by atoms with Gasteiger partial charge in [-0.05, 0) is 26.0 Å². The lowest BCUT2D eigenvalue weighted by atomic mass is 10.1. The molecule has 0 bridgehead atoms. The summed E-state index contributed by atoms with van der Waals surface area (Å²) in [5, 5.41) is 0. The Morgan fingerprint density at radius 1 is 1.32 bits per heavy atom. The molecule has 1 aliphatic heterocycles. The number of hydrogen-bond donors (Lipinski definition) is 1. The van der Waals surface area contributed by atoms with Crippen LogP contribution in [0.3, 0.4) is 0 Å². The lowest BCUT2D eigenvalue weighted by Crippen LogP contribution is -2.23. The number of pyridine rings is 1. The zero-order chi connectivity index (χ0) is 15.7. The molecule has 2 aromatic rings. The van der Waals surface area contributed by atoms with Crippen molar-refractivity contribution in [2.75, 3.05) is 5.73 Å². The molecule has 0 saturated carbocycles. The van der Waals surface area contributed by atoms with Crippen LogP contribution >= 0.6 is 0 Å². The fourth-order valence-corrected chi connectivity index (χ4v) is 2.51. The highest BCUT2D eigenvalue weighted by Crippen LogP contribution is 2.30. The molecule has 2 aromatic heterocycles. The number of hydrogen-bond acceptors (Lipinski definition) is 5. The molecule has 0 fully saturated rings. The van der Waals surface area contributed by atoms with E-state index in [1.807, 2.05) is 26.0 Å². The zero-order valence-corrected chi connectivity index (χ0v) is 12.6. The summed E-state index contributed by atoms with van der Waals surface area (Å²) in [7, 11) is 0. The minimum Gasteiger partial charge on any atom is -0.368 e. The van der Waals surface area contributed by atoms with Gasteiger partial charge in [0.2, 0.25) is 11.9 Å². The number of nitrogens with zero attached hydrogens (tertiary/aromatic N) is 4. The van der Waals surface area contributed by atoms with Crippen LogP contribution in [0, 0.1) is 0 Å². The van der Waals surface area contributed by atoms with Crippen LogP contribution in [0.5, 0.6) is 0 Å². The Hall–Kier alpha value is -2.76. The molecule has 0 atom stereocenters. The number of anilines is 1. The molecule has 0 radical (unpaired) electrons. The smallest absolute Gasteiger partial charge is 0.247 e. The third-order valence-electron chi connectivity index (χ3n) is 3.46. The topological polar surface area (TPSA) is 85.0 Å². The van der Waals surface area contributed by atoms with Crippen LogP contribution in [0.1, 0.15) is 25.1 Å². The Kier molecular flexibility index (Phi) is 3.58. The van der Waals surface area contributed by atoms with E-state index in [2.05, 4.69) is 15.0 Å². The van der Waals surface area contributed by atoms with Gasteiger partial charge in [0, 0.05) is 29.6 Å². The van der Waals surface area contributed by atoms with Crippen molar-refractivity contribution < 1.29 is 4.79 Å². The largest absolute Gasteiger partial charge is 0.368 e. The van der Waals surface area contributed by atoms with Gasteiger partial charge >= 0.3 is 0 Å². The van der Waals surface area contributed by atoms with Crippen molar-refractivity contribution >= 4 is 11.9 Å². The van der Waals surface area contributed by atoms with Gasteiger partial charge in [-0.15, -0.1) is 0 Å². The highest BCUT2D eigenvalue weighted by Gasteiger charge is 2.27. The van der Waals surface area contributed by atoms with Gasteiger partial charge in [0.1, 0.15) is 0 Å². The van der Waals surface area contributed by atoms with Gasteiger partial charge < -0.3 is 10.6 Å². The quantitative estimate of drug-likeness (QED) is 0.856. The van der Waals surface area contributed by atoms with Crippen LogP contribution in [0.4, 0.5) is 5.95 Å². The lowest BCUT2D eigenvalue weighted by molar-refractivity contribution is -0.126. The number of nitrogen functional groups attached to an aromatic ring is 1. The molecule has 1 aliphatic rings. The molecular weight excluding hydrogens is 278 g/mol. The number of fused-ring (bicyclic) bond motifs is 1. The second-order valence-electron chi connectivity index (χ2n) is 5.51. The highest BCUT2D eigenvalue weighted by atomic mass is 16.2. The van der Waals surface area contributed by atoms with Gasteiger partial charge in [0.25, 0.3) is 0 Å². The van der Waals surface area contributed by atoms with Gasteiger partial charge in [-0.2, -0.15) is 0 Å². The molecular formula is C16H17N5O. The lowest BCUT2D eigenvalue weighted by Gasteiger charge is -2.12. The summed E-state index contributed by atoms with van der Waals surface area (Å²) >= 11 is 0. The van der Waals surface area contributed by atoms with Crippen molar-refractivity contribution in [1.82, 2.24) is 19.9 Å². The number of nitrogens with two attached hydrogens (primary N) is 1. The van der Waals surface area contributed by atoms with Crippen LogP contribution in [0.15, 0.2) is 36.2 Å². The van der Waals surface area contributed by atoms with Crippen LogP contribution in [0.25, 0.3) is 11.3 Å². The zero-order valence-electron chi connectivity index (χ0n) is 12.6. The van der Waals surface area contributed by atoms with E-state index in [-0.39, 0.29) is 11.9 Å². The molecule has 0 saturated heterocycles. The normalized spacial score (nSPS) is 12.9. The van der Waals surface area contributed by atoms with E-state index >= 15 is 0 Å². The molecule has 0 aliphatic carbocycles. The van der Waals surface area contributed by atoms with E-state index < -0.39 is 0 Å². The molecule has 2 N–H and O–H groups in total. The molecule has 22 heavy (non-hydrogen) atoms. The first-order valence-corrected chi connectivity index (χ1v) is 7.04. The van der Waals surface area contributed by atoms with Gasteiger partial charge in [0.05, 0.1) is 24.5 Å². The second kappa shape index (κ2) is 5.55. The van der Waals surface area contributed by atoms with Crippen LogP contribution in [-0.2, 0) is 17.9 Å². The summed E-state index contributed by atoms with van der Waals surface area (Å²) in [6.07, 6.45) is 5.08. The van der Waals surface area contributed by atoms with E-state index in [1.165, 1.54) is 0 Å². The average Bonchev–Trinajstić information content (AvgIpc) is 2.90.